The number of hydrogen-bond acceptors (Lipinski definition) is 1. The largest absolute Gasteiger partial charge is 0.337 e. The lowest BCUT2D eigenvalue weighted by Gasteiger charge is -2.29. The van der Waals surface area contributed by atoms with E-state index in [2.05, 4.69) is 0 Å². The van der Waals surface area contributed by atoms with Gasteiger partial charge in [-0.05, 0) is 31.0 Å². The van der Waals surface area contributed by atoms with Crippen molar-refractivity contribution in [1.29, 1.82) is 0 Å². The Bertz CT molecular complexity index is 396. The number of hydrogen-bond donors (Lipinski definition) is 0. The number of nitrogens with zero attached hydrogens (tertiary/aromatic N) is 1. The summed E-state index contributed by atoms with van der Waals surface area (Å²) in [6.07, 6.45) is 1.85. The number of alkyl halides is 1. The quantitative estimate of drug-likeness (QED) is 0.693. The third-order valence-corrected chi connectivity index (χ3v) is 3.08. The van der Waals surface area contributed by atoms with Crippen LogP contribution in [0.2, 0.25) is 0 Å². The van der Waals surface area contributed by atoms with Gasteiger partial charge in [0.15, 0.2) is 0 Å². The molecule has 1 amide bonds. The molecule has 1 atom stereocenters. The van der Waals surface area contributed by atoms with Crippen molar-refractivity contribution in [3.05, 3.63) is 35.6 Å². The highest BCUT2D eigenvalue weighted by atomic mass is 35.5. The van der Waals surface area contributed by atoms with Crippen molar-refractivity contribution in [2.24, 2.45) is 0 Å². The van der Waals surface area contributed by atoms with Gasteiger partial charge in [0.25, 0.3) is 5.91 Å². The van der Waals surface area contributed by atoms with Crippen molar-refractivity contribution in [2.75, 3.05) is 13.1 Å². The number of amides is 1. The van der Waals surface area contributed by atoms with Gasteiger partial charge in [0.05, 0.1) is 5.38 Å². The Morgan fingerprint density at radius 2 is 2.31 bits per heavy atom. The maximum atomic E-state index is 13.0. The van der Waals surface area contributed by atoms with Crippen LogP contribution in [0.4, 0.5) is 4.39 Å². The molecule has 1 heterocycles. The number of piperidine rings is 1. The first-order chi connectivity index (χ1) is 7.66. The van der Waals surface area contributed by atoms with E-state index < -0.39 is 0 Å². The smallest absolute Gasteiger partial charge is 0.254 e. The molecule has 0 bridgehead atoms. The van der Waals surface area contributed by atoms with E-state index >= 15 is 0 Å². The van der Waals surface area contributed by atoms with E-state index in [9.17, 15) is 9.18 Å². The molecule has 2 rings (SSSR count). The highest BCUT2D eigenvalue weighted by molar-refractivity contribution is 6.21. The third kappa shape index (κ3) is 2.53. The summed E-state index contributed by atoms with van der Waals surface area (Å²) in [6.45, 7) is 1.26. The van der Waals surface area contributed by atoms with Crippen LogP contribution in [0, 0.1) is 5.82 Å². The summed E-state index contributed by atoms with van der Waals surface area (Å²) >= 11 is 6.01. The van der Waals surface area contributed by atoms with Crippen LogP contribution in [-0.2, 0) is 0 Å². The minimum absolute atomic E-state index is 0.0197. The van der Waals surface area contributed by atoms with Crippen molar-refractivity contribution in [3.63, 3.8) is 0 Å². The van der Waals surface area contributed by atoms with Gasteiger partial charge in [0.1, 0.15) is 5.82 Å². The van der Waals surface area contributed by atoms with Gasteiger partial charge in [-0.1, -0.05) is 6.07 Å². The lowest BCUT2D eigenvalue weighted by atomic mass is 10.1. The van der Waals surface area contributed by atoms with E-state index in [1.165, 1.54) is 12.1 Å². The molecule has 0 aromatic heterocycles. The Hall–Kier alpha value is -1.09. The number of carbonyl (C=O) groups excluding carboxylic acids is 1. The molecule has 0 spiro atoms. The predicted molar refractivity (Wildman–Crippen MR) is 61.2 cm³/mol. The first-order valence-corrected chi connectivity index (χ1v) is 5.79. The number of benzene rings is 1. The van der Waals surface area contributed by atoms with Gasteiger partial charge in [-0.15, -0.1) is 11.6 Å². The second kappa shape index (κ2) is 4.83. The number of halogens is 2. The fourth-order valence-electron chi connectivity index (χ4n) is 1.91. The van der Waals surface area contributed by atoms with Gasteiger partial charge >= 0.3 is 0 Å². The van der Waals surface area contributed by atoms with E-state index in [0.29, 0.717) is 18.7 Å². The van der Waals surface area contributed by atoms with Crippen molar-refractivity contribution >= 4 is 17.5 Å². The SMILES string of the molecule is O=C(c1cccc(F)c1)N1CCCC(Cl)C1. The van der Waals surface area contributed by atoms with Gasteiger partial charge < -0.3 is 4.90 Å². The molecule has 1 aromatic carbocycles. The Labute approximate surface area is 99.0 Å². The normalized spacial score (nSPS) is 20.9. The average Bonchev–Trinajstić information content (AvgIpc) is 2.28. The van der Waals surface area contributed by atoms with Crippen LogP contribution in [0.3, 0.4) is 0 Å². The zero-order chi connectivity index (χ0) is 11.5. The first kappa shape index (κ1) is 11.4. The minimum Gasteiger partial charge on any atom is -0.337 e. The Morgan fingerprint density at radius 1 is 1.50 bits per heavy atom. The molecule has 1 aliphatic rings. The molecule has 1 saturated heterocycles. The molecule has 0 aliphatic carbocycles. The molecule has 0 N–H and O–H groups in total. The molecule has 1 aromatic rings. The maximum absolute atomic E-state index is 13.0. The van der Waals surface area contributed by atoms with Crippen molar-refractivity contribution in [2.45, 2.75) is 18.2 Å². The monoisotopic (exact) mass is 241 g/mol. The van der Waals surface area contributed by atoms with Crippen molar-refractivity contribution in [3.8, 4) is 0 Å². The highest BCUT2D eigenvalue weighted by Gasteiger charge is 2.23. The van der Waals surface area contributed by atoms with Crippen molar-refractivity contribution < 1.29 is 9.18 Å². The van der Waals surface area contributed by atoms with Crippen LogP contribution < -0.4 is 0 Å². The molecule has 0 saturated carbocycles. The lowest BCUT2D eigenvalue weighted by molar-refractivity contribution is 0.0726. The van der Waals surface area contributed by atoms with Crippen LogP contribution in [-0.4, -0.2) is 29.3 Å². The summed E-state index contributed by atoms with van der Waals surface area (Å²) in [5.74, 6) is -0.518. The fourth-order valence-corrected chi connectivity index (χ4v) is 2.23. The van der Waals surface area contributed by atoms with Crippen LogP contribution >= 0.6 is 11.6 Å². The average molecular weight is 242 g/mol. The van der Waals surface area contributed by atoms with Gasteiger partial charge in [-0.2, -0.15) is 0 Å². The zero-order valence-corrected chi connectivity index (χ0v) is 9.58. The summed E-state index contributed by atoms with van der Waals surface area (Å²) in [6, 6.07) is 5.77. The van der Waals surface area contributed by atoms with Crippen LogP contribution in [0.15, 0.2) is 24.3 Å². The molecule has 0 radical (unpaired) electrons. The minimum atomic E-state index is -0.384. The van der Waals surface area contributed by atoms with Gasteiger partial charge in [-0.25, -0.2) is 4.39 Å². The summed E-state index contributed by atoms with van der Waals surface area (Å²) in [5, 5.41) is 0.0197. The fraction of sp³-hybridized carbons (Fsp3) is 0.417. The summed E-state index contributed by atoms with van der Waals surface area (Å²) in [4.78, 5) is 13.7. The maximum Gasteiger partial charge on any atom is 0.254 e. The molecule has 1 unspecified atom stereocenters. The molecular weight excluding hydrogens is 229 g/mol. The molecule has 4 heteroatoms. The predicted octanol–water partition coefficient (Wildman–Crippen LogP) is 2.67. The molecule has 1 fully saturated rings. The molecule has 2 nitrogen and oxygen atoms in total. The van der Waals surface area contributed by atoms with Crippen molar-refractivity contribution in [1.82, 2.24) is 4.90 Å². The molecule has 1 aliphatic heterocycles. The molecule has 86 valence electrons. The van der Waals surface area contributed by atoms with E-state index in [1.54, 1.807) is 17.0 Å². The lowest BCUT2D eigenvalue weighted by Crippen LogP contribution is -2.40. The highest BCUT2D eigenvalue weighted by Crippen LogP contribution is 2.17. The van der Waals surface area contributed by atoms with Gasteiger partial charge in [-0.3, -0.25) is 4.79 Å². The van der Waals surface area contributed by atoms with Crippen LogP contribution in [0.5, 0.6) is 0 Å². The second-order valence-electron chi connectivity index (χ2n) is 4.00. The summed E-state index contributed by atoms with van der Waals surface area (Å²) in [7, 11) is 0. The molecular formula is C12H13ClFNO. The van der Waals surface area contributed by atoms with E-state index in [4.69, 9.17) is 11.6 Å². The summed E-state index contributed by atoms with van der Waals surface area (Å²) < 4.78 is 13.0. The number of rotatable bonds is 1. The summed E-state index contributed by atoms with van der Waals surface area (Å²) in [5.41, 5.74) is 0.394. The van der Waals surface area contributed by atoms with E-state index in [-0.39, 0.29) is 17.1 Å². The van der Waals surface area contributed by atoms with Gasteiger partial charge in [0, 0.05) is 18.7 Å². The Morgan fingerprint density at radius 3 is 3.00 bits per heavy atom. The topological polar surface area (TPSA) is 20.3 Å². The van der Waals surface area contributed by atoms with E-state index in [1.807, 2.05) is 0 Å². The first-order valence-electron chi connectivity index (χ1n) is 5.36. The molecule has 16 heavy (non-hydrogen) atoms. The van der Waals surface area contributed by atoms with E-state index in [0.717, 1.165) is 12.8 Å². The Kier molecular flexibility index (Phi) is 3.44. The number of likely N-dealkylation sites (tertiary alicyclic amines) is 1. The number of carbonyl (C=O) groups is 1. The Balaban J connectivity index is 2.12. The van der Waals surface area contributed by atoms with Gasteiger partial charge in [0.2, 0.25) is 0 Å². The standard InChI is InChI=1S/C12H13ClFNO/c13-10-4-2-6-15(8-10)12(16)9-3-1-5-11(14)7-9/h1,3,5,7,10H,2,4,6,8H2. The van der Waals surface area contributed by atoms with Crippen LogP contribution in [0.25, 0.3) is 0 Å². The van der Waals surface area contributed by atoms with Crippen LogP contribution in [0.1, 0.15) is 23.2 Å². The third-order valence-electron chi connectivity index (χ3n) is 2.72. The zero-order valence-electron chi connectivity index (χ0n) is 8.83. The second-order valence-corrected chi connectivity index (χ2v) is 4.62.